The van der Waals surface area contributed by atoms with E-state index in [1.807, 2.05) is 6.92 Å². The van der Waals surface area contributed by atoms with Gasteiger partial charge in [0, 0.05) is 0 Å². The lowest BCUT2D eigenvalue weighted by Crippen LogP contribution is -2.40. The highest BCUT2D eigenvalue weighted by molar-refractivity contribution is 7.07. The lowest BCUT2D eigenvalue weighted by molar-refractivity contribution is -0.139. The van der Waals surface area contributed by atoms with Crippen molar-refractivity contribution in [3.63, 3.8) is 0 Å². The fourth-order valence-corrected chi connectivity index (χ4v) is 5.15. The quantitative estimate of drug-likeness (QED) is 0.343. The number of carbonyl (C=O) groups is 1. The van der Waals surface area contributed by atoms with Crippen LogP contribution in [0.2, 0.25) is 0 Å². The lowest BCUT2D eigenvalue weighted by atomic mass is 9.95. The van der Waals surface area contributed by atoms with Crippen molar-refractivity contribution in [2.24, 2.45) is 4.99 Å². The first-order chi connectivity index (χ1) is 17.9. The van der Waals surface area contributed by atoms with Crippen LogP contribution in [-0.2, 0) is 9.53 Å². The first-order valence-electron chi connectivity index (χ1n) is 11.9. The van der Waals surface area contributed by atoms with Crippen LogP contribution in [0.25, 0.3) is 6.08 Å². The minimum Gasteiger partial charge on any atom is -0.508 e. The van der Waals surface area contributed by atoms with Crippen molar-refractivity contribution in [3.05, 3.63) is 97.2 Å². The highest BCUT2D eigenvalue weighted by Crippen LogP contribution is 2.36. The van der Waals surface area contributed by atoms with Gasteiger partial charge < -0.3 is 19.3 Å². The molecule has 0 fully saturated rings. The molecule has 0 amide bonds. The van der Waals surface area contributed by atoms with Gasteiger partial charge in [-0.2, -0.15) is 0 Å². The molecule has 0 spiro atoms. The molecule has 4 rings (SSSR count). The van der Waals surface area contributed by atoms with E-state index in [0.717, 1.165) is 0 Å². The van der Waals surface area contributed by atoms with Gasteiger partial charge in [0.25, 0.3) is 5.56 Å². The van der Waals surface area contributed by atoms with Crippen molar-refractivity contribution in [3.8, 4) is 17.2 Å². The van der Waals surface area contributed by atoms with Crippen molar-refractivity contribution in [1.82, 2.24) is 4.57 Å². The third-order valence-corrected chi connectivity index (χ3v) is 6.61. The van der Waals surface area contributed by atoms with Gasteiger partial charge in [-0.3, -0.25) is 9.36 Å². The molecule has 0 bridgehead atoms. The number of fused-ring (bicyclic) bond motifs is 1. The molecule has 1 unspecified atom stereocenters. The molecule has 0 saturated heterocycles. The molecule has 37 heavy (non-hydrogen) atoms. The molecule has 2 aromatic carbocycles. The van der Waals surface area contributed by atoms with E-state index < -0.39 is 12.0 Å². The predicted octanol–water partition coefficient (Wildman–Crippen LogP) is 3.47. The van der Waals surface area contributed by atoms with Crippen LogP contribution >= 0.6 is 11.3 Å². The lowest BCUT2D eigenvalue weighted by Gasteiger charge is -2.25. The zero-order chi connectivity index (χ0) is 26.5. The van der Waals surface area contributed by atoms with Crippen molar-refractivity contribution < 1.29 is 24.1 Å². The van der Waals surface area contributed by atoms with Crippen molar-refractivity contribution in [2.45, 2.75) is 26.8 Å². The van der Waals surface area contributed by atoms with Gasteiger partial charge in [-0.05, 0) is 62.2 Å². The summed E-state index contributed by atoms with van der Waals surface area (Å²) in [4.78, 5) is 31.9. The largest absolute Gasteiger partial charge is 0.508 e. The second-order valence-electron chi connectivity index (χ2n) is 8.14. The third-order valence-electron chi connectivity index (χ3n) is 5.63. The second-order valence-corrected chi connectivity index (χ2v) is 9.15. The topological polar surface area (TPSA) is 99.4 Å². The van der Waals surface area contributed by atoms with E-state index in [1.165, 1.54) is 15.9 Å². The summed E-state index contributed by atoms with van der Waals surface area (Å²) in [7, 11) is 0. The first kappa shape index (κ1) is 26.0. The maximum absolute atomic E-state index is 13.7. The number of phenols is 1. The Kier molecular flexibility index (Phi) is 7.93. The molecule has 3 aromatic rings. The van der Waals surface area contributed by atoms with Gasteiger partial charge in [0.1, 0.15) is 12.4 Å². The number of thiazole rings is 1. The van der Waals surface area contributed by atoms with Crippen LogP contribution in [0, 0.1) is 0 Å². The zero-order valence-corrected chi connectivity index (χ0v) is 21.7. The van der Waals surface area contributed by atoms with Crippen molar-refractivity contribution >= 4 is 23.4 Å². The molecule has 1 atom stereocenters. The van der Waals surface area contributed by atoms with E-state index in [-0.39, 0.29) is 23.5 Å². The van der Waals surface area contributed by atoms with Crippen LogP contribution in [0.5, 0.6) is 17.2 Å². The minimum atomic E-state index is -0.783. The SMILES string of the molecule is C=CCOc1ccc(C2C(C(=O)OCC)=C(C)N=c3s/c(=C/c4cccc(O)c4)c(=O)n32)cc1OCC. The third kappa shape index (κ3) is 5.36. The Morgan fingerprint density at radius 1 is 1.16 bits per heavy atom. The van der Waals surface area contributed by atoms with Gasteiger partial charge in [0.2, 0.25) is 0 Å². The molecule has 8 nitrogen and oxygen atoms in total. The van der Waals surface area contributed by atoms with Gasteiger partial charge in [0.05, 0.1) is 35.1 Å². The average Bonchev–Trinajstić information content (AvgIpc) is 3.17. The highest BCUT2D eigenvalue weighted by atomic mass is 32.1. The summed E-state index contributed by atoms with van der Waals surface area (Å²) in [5.41, 5.74) is 1.76. The Hall–Kier alpha value is -4.11. The number of hydrogen-bond donors (Lipinski definition) is 1. The predicted molar refractivity (Wildman–Crippen MR) is 142 cm³/mol. The van der Waals surface area contributed by atoms with Crippen LogP contribution in [0.3, 0.4) is 0 Å². The summed E-state index contributed by atoms with van der Waals surface area (Å²) in [6.07, 6.45) is 3.33. The monoisotopic (exact) mass is 520 g/mol. The average molecular weight is 521 g/mol. The molecule has 0 radical (unpaired) electrons. The van der Waals surface area contributed by atoms with Crippen LogP contribution < -0.4 is 24.4 Å². The van der Waals surface area contributed by atoms with Gasteiger partial charge in [-0.15, -0.1) is 0 Å². The summed E-state index contributed by atoms with van der Waals surface area (Å²) >= 11 is 1.21. The number of benzene rings is 2. The second kappa shape index (κ2) is 11.3. The molecule has 192 valence electrons. The number of rotatable bonds is 9. The Morgan fingerprint density at radius 2 is 1.97 bits per heavy atom. The Balaban J connectivity index is 1.94. The van der Waals surface area contributed by atoms with Gasteiger partial charge >= 0.3 is 5.97 Å². The van der Waals surface area contributed by atoms with Crippen LogP contribution in [0.1, 0.15) is 37.9 Å². The molecule has 2 heterocycles. The van der Waals surface area contributed by atoms with E-state index in [2.05, 4.69) is 11.6 Å². The maximum atomic E-state index is 13.7. The van der Waals surface area contributed by atoms with E-state index >= 15 is 0 Å². The highest BCUT2D eigenvalue weighted by Gasteiger charge is 2.34. The molecule has 0 aliphatic carbocycles. The number of ether oxygens (including phenoxy) is 3. The number of aromatic hydroxyl groups is 1. The van der Waals surface area contributed by atoms with E-state index in [9.17, 15) is 14.7 Å². The number of phenolic OH excluding ortho intramolecular Hbond substituents is 1. The number of esters is 1. The van der Waals surface area contributed by atoms with Gasteiger partial charge in [-0.25, -0.2) is 9.79 Å². The summed E-state index contributed by atoms with van der Waals surface area (Å²) < 4.78 is 18.8. The molecule has 1 N–H and O–H groups in total. The summed E-state index contributed by atoms with van der Waals surface area (Å²) in [6.45, 7) is 9.90. The van der Waals surface area contributed by atoms with Crippen LogP contribution in [0.4, 0.5) is 0 Å². The van der Waals surface area contributed by atoms with Crippen LogP contribution in [0.15, 0.2) is 76.2 Å². The molecule has 9 heteroatoms. The first-order valence-corrected chi connectivity index (χ1v) is 12.7. The van der Waals surface area contributed by atoms with Crippen molar-refractivity contribution in [2.75, 3.05) is 19.8 Å². The molecule has 0 saturated carbocycles. The molecule has 1 aliphatic heterocycles. The van der Waals surface area contributed by atoms with Crippen LogP contribution in [-0.4, -0.2) is 35.5 Å². The molecular weight excluding hydrogens is 492 g/mol. The van der Waals surface area contributed by atoms with E-state index in [1.54, 1.807) is 68.5 Å². The summed E-state index contributed by atoms with van der Waals surface area (Å²) in [6, 6.07) is 11.2. The van der Waals surface area contributed by atoms with Gasteiger partial charge in [0.15, 0.2) is 16.3 Å². The molecular formula is C28H28N2O6S. The van der Waals surface area contributed by atoms with Crippen molar-refractivity contribution in [1.29, 1.82) is 0 Å². The maximum Gasteiger partial charge on any atom is 0.338 e. The number of hydrogen-bond acceptors (Lipinski definition) is 8. The smallest absolute Gasteiger partial charge is 0.338 e. The summed E-state index contributed by atoms with van der Waals surface area (Å²) in [5, 5.41) is 9.84. The summed E-state index contributed by atoms with van der Waals surface area (Å²) in [5.74, 6) is 0.574. The number of carbonyl (C=O) groups excluding carboxylic acids is 1. The number of allylic oxidation sites excluding steroid dienone is 1. The fraction of sp³-hybridized carbons (Fsp3) is 0.250. The van der Waals surface area contributed by atoms with E-state index in [4.69, 9.17) is 14.2 Å². The fourth-order valence-electron chi connectivity index (χ4n) is 4.10. The minimum absolute atomic E-state index is 0.0991. The molecule has 1 aliphatic rings. The number of aromatic nitrogens is 1. The number of nitrogens with zero attached hydrogens (tertiary/aromatic N) is 2. The normalized spacial score (nSPS) is 15.1. The molecule has 1 aromatic heterocycles. The Bertz CT molecular complexity index is 1550. The van der Waals surface area contributed by atoms with E-state index in [0.29, 0.717) is 50.9 Å². The standard InChI is InChI=1S/C28H28N2O6S/c1-5-13-36-21-12-11-19(16-22(21)34-6-2)25-24(27(33)35-7-3)17(4)29-28-30(25)26(32)23(37-28)15-18-9-8-10-20(31)14-18/h5,8-12,14-16,25,31H,1,6-7,13H2,2-4H3/b23-15+. The Morgan fingerprint density at radius 3 is 2.68 bits per heavy atom. The van der Waals surface area contributed by atoms with Gasteiger partial charge in [-0.1, -0.05) is 42.2 Å². The Labute approximate surface area is 218 Å². The zero-order valence-electron chi connectivity index (χ0n) is 20.9.